The lowest BCUT2D eigenvalue weighted by molar-refractivity contribution is -0.133. The molecule has 212 valence electrons. The van der Waals surface area contributed by atoms with Crippen molar-refractivity contribution in [2.75, 3.05) is 49.3 Å². The van der Waals surface area contributed by atoms with Gasteiger partial charge >= 0.3 is 6.03 Å². The molecule has 4 aliphatic carbocycles. The van der Waals surface area contributed by atoms with E-state index < -0.39 is 18.0 Å². The highest BCUT2D eigenvalue weighted by atomic mass is 16.2. The van der Waals surface area contributed by atoms with Crippen LogP contribution in [0.5, 0.6) is 0 Å². The van der Waals surface area contributed by atoms with E-state index >= 15 is 0 Å². The van der Waals surface area contributed by atoms with Crippen molar-refractivity contribution in [1.82, 2.24) is 9.80 Å². The van der Waals surface area contributed by atoms with E-state index in [0.717, 1.165) is 32.2 Å². The molecule has 7 rings (SSSR count). The molecule has 0 saturated heterocycles. The molecule has 0 radical (unpaired) electrons. The maximum absolute atomic E-state index is 14.4. The van der Waals surface area contributed by atoms with Crippen molar-refractivity contribution >= 4 is 34.9 Å². The van der Waals surface area contributed by atoms with Crippen molar-refractivity contribution in [2.24, 2.45) is 23.2 Å². The van der Waals surface area contributed by atoms with Crippen LogP contribution in [-0.2, 0) is 9.59 Å². The Bertz CT molecular complexity index is 1230. The summed E-state index contributed by atoms with van der Waals surface area (Å²) in [5.41, 5.74) is 1.89. The zero-order valence-electron chi connectivity index (χ0n) is 23.6. The summed E-state index contributed by atoms with van der Waals surface area (Å²) in [4.78, 5) is 47.8. The highest BCUT2D eigenvalue weighted by molar-refractivity contribution is 6.21. The number of fused-ring (bicyclic) bond motifs is 1. The van der Waals surface area contributed by atoms with Gasteiger partial charge in [-0.3, -0.25) is 9.59 Å². The summed E-state index contributed by atoms with van der Waals surface area (Å²) in [6.45, 7) is 1.69. The zero-order chi connectivity index (χ0) is 27.9. The van der Waals surface area contributed by atoms with E-state index in [0.29, 0.717) is 47.9 Å². The first-order chi connectivity index (χ1) is 19.3. The number of hydrogen-bond donors (Lipinski definition) is 2. The normalized spacial score (nSPS) is 28.7. The molecule has 0 spiro atoms. The van der Waals surface area contributed by atoms with Gasteiger partial charge in [0.1, 0.15) is 0 Å². The monoisotopic (exact) mass is 543 g/mol. The molecule has 8 nitrogen and oxygen atoms in total. The van der Waals surface area contributed by atoms with E-state index in [1.165, 1.54) is 19.3 Å². The Morgan fingerprint density at radius 2 is 1.57 bits per heavy atom. The molecule has 40 heavy (non-hydrogen) atoms. The molecule has 4 bridgehead atoms. The number of rotatable bonds is 8. The number of para-hydroxylation sites is 3. The zero-order valence-corrected chi connectivity index (χ0v) is 23.6. The third-order valence-corrected chi connectivity index (χ3v) is 9.46. The molecule has 2 N–H and O–H groups in total. The van der Waals surface area contributed by atoms with Gasteiger partial charge in [0.15, 0.2) is 6.04 Å². The summed E-state index contributed by atoms with van der Waals surface area (Å²) in [6.07, 6.45) is 7.82. The second kappa shape index (κ2) is 10.9. The van der Waals surface area contributed by atoms with E-state index in [-0.39, 0.29) is 11.3 Å². The van der Waals surface area contributed by atoms with Crippen LogP contribution in [-0.4, -0.2) is 67.4 Å². The van der Waals surface area contributed by atoms with Crippen LogP contribution in [0.4, 0.5) is 21.9 Å². The fraction of sp³-hybridized carbons (Fsp3) is 0.531. The second-order valence-electron chi connectivity index (χ2n) is 12.9. The topological polar surface area (TPSA) is 85.0 Å². The van der Waals surface area contributed by atoms with Gasteiger partial charge < -0.3 is 25.3 Å². The second-order valence-corrected chi connectivity index (χ2v) is 12.9. The fourth-order valence-electron chi connectivity index (χ4n) is 8.29. The molecular weight excluding hydrogens is 502 g/mol. The molecule has 1 heterocycles. The van der Waals surface area contributed by atoms with Gasteiger partial charge in [-0.25, -0.2) is 4.79 Å². The van der Waals surface area contributed by atoms with Crippen molar-refractivity contribution < 1.29 is 14.4 Å². The van der Waals surface area contributed by atoms with Gasteiger partial charge in [-0.15, -0.1) is 0 Å². The maximum atomic E-state index is 14.4. The average Bonchev–Trinajstić information content (AvgIpc) is 3.00. The minimum Gasteiger partial charge on any atom is -0.322 e. The number of nitrogens with one attached hydrogen (secondary N) is 2. The molecule has 5 aliphatic rings. The SMILES string of the molecule is CN(C)CCCN1C(=O)C(N(CC23CC4CC(CC(C4)C2)C3)C(=O)Nc2ccccc2)C(=O)Nc2ccccc21. The highest BCUT2D eigenvalue weighted by Crippen LogP contribution is 2.60. The number of carbonyl (C=O) groups is 3. The van der Waals surface area contributed by atoms with Crippen LogP contribution in [0.25, 0.3) is 0 Å². The fourth-order valence-corrected chi connectivity index (χ4v) is 8.29. The molecule has 4 fully saturated rings. The Hall–Kier alpha value is -3.39. The predicted molar refractivity (Wildman–Crippen MR) is 157 cm³/mol. The summed E-state index contributed by atoms with van der Waals surface area (Å²) in [7, 11) is 4.01. The number of benzene rings is 2. The summed E-state index contributed by atoms with van der Waals surface area (Å²) in [5.74, 6) is 1.29. The number of urea groups is 1. The number of hydrogen-bond acceptors (Lipinski definition) is 4. The van der Waals surface area contributed by atoms with Crippen molar-refractivity contribution in [3.05, 3.63) is 54.6 Å². The van der Waals surface area contributed by atoms with Gasteiger partial charge in [-0.2, -0.15) is 0 Å². The first-order valence-corrected chi connectivity index (χ1v) is 14.8. The van der Waals surface area contributed by atoms with Crippen LogP contribution in [0, 0.1) is 23.2 Å². The smallest absolute Gasteiger partial charge is 0.322 e. The molecule has 2 aromatic carbocycles. The van der Waals surface area contributed by atoms with Crippen molar-refractivity contribution in [2.45, 2.75) is 51.0 Å². The van der Waals surface area contributed by atoms with E-state index in [1.807, 2.05) is 68.7 Å². The van der Waals surface area contributed by atoms with Crippen LogP contribution < -0.4 is 15.5 Å². The van der Waals surface area contributed by atoms with Crippen LogP contribution in [0.2, 0.25) is 0 Å². The molecule has 1 atom stereocenters. The molecule has 2 aromatic rings. The van der Waals surface area contributed by atoms with E-state index in [1.54, 1.807) is 9.80 Å². The van der Waals surface area contributed by atoms with E-state index in [4.69, 9.17) is 0 Å². The van der Waals surface area contributed by atoms with Crippen LogP contribution in [0.3, 0.4) is 0 Å². The molecule has 8 heteroatoms. The van der Waals surface area contributed by atoms with Crippen LogP contribution in [0.1, 0.15) is 44.9 Å². The Morgan fingerprint density at radius 3 is 2.23 bits per heavy atom. The van der Waals surface area contributed by atoms with Gasteiger partial charge in [-0.05, 0) is 113 Å². The highest BCUT2D eigenvalue weighted by Gasteiger charge is 2.53. The Morgan fingerprint density at radius 1 is 0.950 bits per heavy atom. The Kier molecular flexibility index (Phi) is 7.29. The predicted octanol–water partition coefficient (Wildman–Crippen LogP) is 5.04. The van der Waals surface area contributed by atoms with Gasteiger partial charge in [0.2, 0.25) is 0 Å². The first kappa shape index (κ1) is 26.8. The maximum Gasteiger partial charge on any atom is 0.322 e. The molecule has 1 unspecified atom stereocenters. The lowest BCUT2D eigenvalue weighted by Gasteiger charge is -2.58. The molecular formula is C32H41N5O3. The summed E-state index contributed by atoms with van der Waals surface area (Å²) in [6, 6.07) is 15.1. The van der Waals surface area contributed by atoms with E-state index in [2.05, 4.69) is 15.5 Å². The minimum absolute atomic E-state index is 0.0434. The van der Waals surface area contributed by atoms with Crippen molar-refractivity contribution in [3.8, 4) is 0 Å². The Balaban J connectivity index is 1.35. The van der Waals surface area contributed by atoms with Gasteiger partial charge in [-0.1, -0.05) is 30.3 Å². The quantitative estimate of drug-likeness (QED) is 0.457. The molecule has 1 aliphatic heterocycles. The van der Waals surface area contributed by atoms with Crippen molar-refractivity contribution in [1.29, 1.82) is 0 Å². The average molecular weight is 544 g/mol. The minimum atomic E-state index is -1.25. The van der Waals surface area contributed by atoms with Gasteiger partial charge in [0, 0.05) is 18.8 Å². The standard InChI is InChI=1S/C32H41N5O3/c1-35(2)13-8-14-36-27-12-7-6-11-26(27)34-29(38)28(30(36)39)37(31(40)33-25-9-4-3-5-10-25)21-32-18-22-15-23(19-32)17-24(16-22)20-32/h3-7,9-12,22-24,28H,8,13-21H2,1-2H3,(H,33,40)(H,34,38). The third-order valence-electron chi connectivity index (χ3n) is 9.46. The van der Waals surface area contributed by atoms with Crippen LogP contribution >= 0.6 is 0 Å². The summed E-state index contributed by atoms with van der Waals surface area (Å²) >= 11 is 0. The lowest BCUT2D eigenvalue weighted by atomic mass is 9.49. The third kappa shape index (κ3) is 5.33. The summed E-state index contributed by atoms with van der Waals surface area (Å²) in [5, 5.41) is 6.01. The van der Waals surface area contributed by atoms with Crippen molar-refractivity contribution in [3.63, 3.8) is 0 Å². The van der Waals surface area contributed by atoms with E-state index in [9.17, 15) is 14.4 Å². The number of anilines is 3. The summed E-state index contributed by atoms with van der Waals surface area (Å²) < 4.78 is 0. The number of nitrogens with zero attached hydrogens (tertiary/aromatic N) is 3. The van der Waals surface area contributed by atoms with Gasteiger partial charge in [0.05, 0.1) is 11.4 Å². The molecule has 0 aromatic heterocycles. The van der Waals surface area contributed by atoms with Crippen LogP contribution in [0.15, 0.2) is 54.6 Å². The Labute approximate surface area is 237 Å². The molecule has 4 saturated carbocycles. The largest absolute Gasteiger partial charge is 0.322 e. The van der Waals surface area contributed by atoms with Gasteiger partial charge in [0.25, 0.3) is 11.8 Å². The lowest BCUT2D eigenvalue weighted by Crippen LogP contribution is -2.61. The number of amides is 4. The number of carbonyl (C=O) groups excluding carboxylic acids is 3. The first-order valence-electron chi connectivity index (χ1n) is 14.8. The molecule has 4 amide bonds.